The normalized spacial score (nSPS) is 16.7. The third-order valence-corrected chi connectivity index (χ3v) is 7.07. The van der Waals surface area contributed by atoms with Gasteiger partial charge in [0.1, 0.15) is 0 Å². The second kappa shape index (κ2) is 15.1. The second-order valence-electron chi connectivity index (χ2n) is 9.41. The van der Waals surface area contributed by atoms with Gasteiger partial charge in [-0.15, -0.1) is 12.4 Å². The fourth-order valence-electron chi connectivity index (χ4n) is 4.89. The molecule has 7 heteroatoms. The van der Waals surface area contributed by atoms with Crippen molar-refractivity contribution in [2.24, 2.45) is 11.8 Å². The molecule has 3 aromatic carbocycles. The Labute approximate surface area is 232 Å². The zero-order valence-corrected chi connectivity index (χ0v) is 23.3. The van der Waals surface area contributed by atoms with Crippen LogP contribution in [0, 0.1) is 11.8 Å². The molecule has 0 unspecified atom stereocenters. The Morgan fingerprint density at radius 1 is 0.865 bits per heavy atom. The molecule has 1 fully saturated rings. The largest absolute Gasteiger partial charge is 0.493 e. The van der Waals surface area contributed by atoms with Crippen molar-refractivity contribution < 1.29 is 14.2 Å². The lowest BCUT2D eigenvalue weighted by molar-refractivity contribution is 0.170. The van der Waals surface area contributed by atoms with E-state index < -0.39 is 0 Å². The Kier molecular flexibility index (Phi) is 11.9. The summed E-state index contributed by atoms with van der Waals surface area (Å²) in [5, 5.41) is 4.39. The van der Waals surface area contributed by atoms with Gasteiger partial charge in [-0.25, -0.2) is 0 Å². The fraction of sp³-hybridized carbons (Fsp3) is 0.400. The molecule has 5 nitrogen and oxygen atoms in total. The molecule has 4 rings (SSSR count). The van der Waals surface area contributed by atoms with E-state index in [0.29, 0.717) is 25.0 Å². The highest BCUT2D eigenvalue weighted by molar-refractivity contribution is 6.30. The van der Waals surface area contributed by atoms with Crippen molar-refractivity contribution in [1.82, 2.24) is 5.32 Å². The maximum absolute atomic E-state index is 6.22. The third kappa shape index (κ3) is 8.54. The van der Waals surface area contributed by atoms with Crippen LogP contribution in [0.15, 0.2) is 72.8 Å². The van der Waals surface area contributed by atoms with Crippen LogP contribution in [0.5, 0.6) is 11.5 Å². The minimum atomic E-state index is 0. The molecule has 1 aliphatic heterocycles. The van der Waals surface area contributed by atoms with Gasteiger partial charge in [-0.2, -0.15) is 0 Å². The number of halogens is 2. The van der Waals surface area contributed by atoms with E-state index in [1.807, 2.05) is 18.2 Å². The number of hydrogen-bond donors (Lipinski definition) is 1. The van der Waals surface area contributed by atoms with Crippen LogP contribution in [0.1, 0.15) is 17.5 Å². The third-order valence-electron chi connectivity index (χ3n) is 6.82. The topological polar surface area (TPSA) is 43.0 Å². The summed E-state index contributed by atoms with van der Waals surface area (Å²) >= 11 is 6.22. The molecule has 0 radical (unpaired) electrons. The first-order valence-electron chi connectivity index (χ1n) is 12.7. The van der Waals surface area contributed by atoms with E-state index in [2.05, 4.69) is 64.8 Å². The van der Waals surface area contributed by atoms with Crippen molar-refractivity contribution in [3.63, 3.8) is 0 Å². The molecule has 0 spiro atoms. The van der Waals surface area contributed by atoms with E-state index in [1.165, 1.54) is 16.8 Å². The van der Waals surface area contributed by atoms with E-state index in [1.54, 1.807) is 14.2 Å². The van der Waals surface area contributed by atoms with Crippen LogP contribution in [-0.4, -0.2) is 47.1 Å². The van der Waals surface area contributed by atoms with Crippen LogP contribution < -0.4 is 19.7 Å². The average molecular weight is 546 g/mol. The van der Waals surface area contributed by atoms with Gasteiger partial charge in [-0.3, -0.25) is 0 Å². The quantitative estimate of drug-likeness (QED) is 0.257. The maximum Gasteiger partial charge on any atom is 0.161 e. The molecule has 1 aliphatic rings. The molecule has 1 N–H and O–H groups in total. The zero-order valence-electron chi connectivity index (χ0n) is 21.7. The summed E-state index contributed by atoms with van der Waals surface area (Å²) in [6.07, 6.45) is 1.92. The van der Waals surface area contributed by atoms with Gasteiger partial charge in [0, 0.05) is 43.9 Å². The van der Waals surface area contributed by atoms with E-state index in [9.17, 15) is 0 Å². The number of methoxy groups -OCH3 is 2. The van der Waals surface area contributed by atoms with E-state index >= 15 is 0 Å². The molecule has 0 saturated carbocycles. The molecule has 2 atom stereocenters. The number of hydrogen-bond acceptors (Lipinski definition) is 5. The van der Waals surface area contributed by atoms with Gasteiger partial charge in [0.05, 0.1) is 13.7 Å². The molecular weight excluding hydrogens is 507 g/mol. The lowest BCUT2D eigenvalue weighted by Gasteiger charge is -2.30. The number of nitrogens with one attached hydrogen (secondary N) is 1. The summed E-state index contributed by atoms with van der Waals surface area (Å²) in [5.41, 5.74) is 3.75. The number of ether oxygens (including phenoxy) is 3. The molecule has 0 amide bonds. The fourth-order valence-corrected chi connectivity index (χ4v) is 5.02. The Hall–Kier alpha value is -2.44. The predicted octanol–water partition coefficient (Wildman–Crippen LogP) is 6.27. The van der Waals surface area contributed by atoms with Crippen LogP contribution in [-0.2, 0) is 17.7 Å². The molecule has 37 heavy (non-hydrogen) atoms. The summed E-state index contributed by atoms with van der Waals surface area (Å²) in [6.45, 7) is 5.07. The lowest BCUT2D eigenvalue weighted by Crippen LogP contribution is -2.33. The number of nitrogens with zero attached hydrogens (tertiary/aromatic N) is 1. The summed E-state index contributed by atoms with van der Waals surface area (Å²) < 4.78 is 16.7. The first kappa shape index (κ1) is 29.1. The van der Waals surface area contributed by atoms with Crippen molar-refractivity contribution in [3.05, 3.63) is 88.9 Å². The van der Waals surface area contributed by atoms with Crippen molar-refractivity contribution in [1.29, 1.82) is 0 Å². The van der Waals surface area contributed by atoms with Gasteiger partial charge in [0.2, 0.25) is 0 Å². The van der Waals surface area contributed by atoms with Gasteiger partial charge in [0.25, 0.3) is 0 Å². The van der Waals surface area contributed by atoms with Crippen LogP contribution in [0.25, 0.3) is 0 Å². The molecule has 200 valence electrons. The number of anilines is 1. The van der Waals surface area contributed by atoms with Gasteiger partial charge in [-0.05, 0) is 78.9 Å². The van der Waals surface area contributed by atoms with Crippen LogP contribution in [0.2, 0.25) is 5.02 Å². The zero-order chi connectivity index (χ0) is 25.2. The van der Waals surface area contributed by atoms with E-state index in [-0.39, 0.29) is 12.4 Å². The van der Waals surface area contributed by atoms with Crippen molar-refractivity contribution in [2.75, 3.05) is 52.0 Å². The smallest absolute Gasteiger partial charge is 0.161 e. The molecule has 0 aromatic heterocycles. The summed E-state index contributed by atoms with van der Waals surface area (Å²) in [6, 6.07) is 25.2. The SMILES string of the molecule is COCCCOc1cc(CN(C[C@@H]2CNC[C@H]2Cc2ccccc2)c2ccc(Cl)cc2)ccc1OC.Cl. The lowest BCUT2D eigenvalue weighted by atomic mass is 9.89. The van der Waals surface area contributed by atoms with E-state index in [0.717, 1.165) is 55.5 Å². The Morgan fingerprint density at radius 2 is 1.62 bits per heavy atom. The first-order valence-corrected chi connectivity index (χ1v) is 13.1. The summed E-state index contributed by atoms with van der Waals surface area (Å²) in [4.78, 5) is 2.46. The molecule has 0 aliphatic carbocycles. The first-order chi connectivity index (χ1) is 17.7. The minimum absolute atomic E-state index is 0. The second-order valence-corrected chi connectivity index (χ2v) is 9.84. The summed E-state index contributed by atoms with van der Waals surface area (Å²) in [7, 11) is 3.38. The Balaban J connectivity index is 0.00000380. The molecule has 0 bridgehead atoms. The molecular formula is C30H38Cl2N2O3. The Morgan fingerprint density at radius 3 is 2.35 bits per heavy atom. The number of rotatable bonds is 13. The van der Waals surface area contributed by atoms with Crippen LogP contribution in [0.3, 0.4) is 0 Å². The standard InChI is InChI=1S/C30H37ClN2O3.ClH/c1-34-15-6-16-36-30-18-24(9-14-29(30)35-2)21-33(28-12-10-27(31)11-13-28)22-26-20-32-19-25(26)17-23-7-4-3-5-8-23;/h3-5,7-14,18,25-26,32H,6,15-17,19-22H2,1-2H3;1H/t25-,26+;/m1./s1. The van der Waals surface area contributed by atoms with Gasteiger partial charge in [0.15, 0.2) is 11.5 Å². The van der Waals surface area contributed by atoms with E-state index in [4.69, 9.17) is 25.8 Å². The minimum Gasteiger partial charge on any atom is -0.493 e. The summed E-state index contributed by atoms with van der Waals surface area (Å²) in [5.74, 6) is 2.66. The molecule has 1 heterocycles. The van der Waals surface area contributed by atoms with Crippen molar-refractivity contribution in [3.8, 4) is 11.5 Å². The highest BCUT2D eigenvalue weighted by atomic mass is 35.5. The molecule has 1 saturated heterocycles. The highest BCUT2D eigenvalue weighted by Crippen LogP contribution is 2.31. The van der Waals surface area contributed by atoms with Gasteiger partial charge < -0.3 is 24.4 Å². The van der Waals surface area contributed by atoms with Crippen LogP contribution >= 0.6 is 24.0 Å². The average Bonchev–Trinajstić information content (AvgIpc) is 3.33. The van der Waals surface area contributed by atoms with Gasteiger partial charge >= 0.3 is 0 Å². The predicted molar refractivity (Wildman–Crippen MR) is 155 cm³/mol. The van der Waals surface area contributed by atoms with Crippen molar-refractivity contribution >= 4 is 29.7 Å². The Bertz CT molecular complexity index is 1070. The monoisotopic (exact) mass is 544 g/mol. The van der Waals surface area contributed by atoms with Crippen molar-refractivity contribution in [2.45, 2.75) is 19.4 Å². The highest BCUT2D eigenvalue weighted by Gasteiger charge is 2.29. The van der Waals surface area contributed by atoms with Crippen LogP contribution in [0.4, 0.5) is 5.69 Å². The maximum atomic E-state index is 6.22. The molecule has 3 aromatic rings. The number of benzene rings is 3. The van der Waals surface area contributed by atoms with Gasteiger partial charge in [-0.1, -0.05) is 48.0 Å².